The predicted molar refractivity (Wildman–Crippen MR) is 82.9 cm³/mol. The Morgan fingerprint density at radius 3 is 2.68 bits per heavy atom. The molecule has 2 unspecified atom stereocenters. The van der Waals surface area contributed by atoms with E-state index in [1.54, 1.807) is 0 Å². The summed E-state index contributed by atoms with van der Waals surface area (Å²) < 4.78 is 0. The molecule has 0 aromatic heterocycles. The van der Waals surface area contributed by atoms with E-state index >= 15 is 0 Å². The Morgan fingerprint density at radius 1 is 1.26 bits per heavy atom. The standard InChI is InChI=1S/C15H22Cl2N2/c1-10(2)19-9-4-3-8-13(18)15(19)11-6-5-7-12(16)14(11)17/h5-7,10,13,15H,3-4,8-9,18H2,1-2H3. The molecule has 2 nitrogen and oxygen atoms in total. The van der Waals surface area contributed by atoms with Crippen LogP contribution in [-0.4, -0.2) is 23.5 Å². The van der Waals surface area contributed by atoms with E-state index in [0.29, 0.717) is 16.1 Å². The van der Waals surface area contributed by atoms with Gasteiger partial charge < -0.3 is 5.73 Å². The SMILES string of the molecule is CC(C)N1CCCCC(N)C1c1cccc(Cl)c1Cl. The smallest absolute Gasteiger partial charge is 0.0640 e. The quantitative estimate of drug-likeness (QED) is 0.884. The van der Waals surface area contributed by atoms with E-state index in [0.717, 1.165) is 18.5 Å². The fourth-order valence-electron chi connectivity index (χ4n) is 2.95. The van der Waals surface area contributed by atoms with Crippen LogP contribution >= 0.6 is 23.2 Å². The molecule has 1 aliphatic rings. The zero-order valence-electron chi connectivity index (χ0n) is 11.6. The minimum Gasteiger partial charge on any atom is -0.326 e. The van der Waals surface area contributed by atoms with Crippen LogP contribution in [0, 0.1) is 0 Å². The molecule has 1 aromatic carbocycles. The molecular weight excluding hydrogens is 279 g/mol. The number of nitrogens with zero attached hydrogens (tertiary/aromatic N) is 1. The number of halogens is 2. The fraction of sp³-hybridized carbons (Fsp3) is 0.600. The average molecular weight is 301 g/mol. The van der Waals surface area contributed by atoms with Gasteiger partial charge in [-0.15, -0.1) is 0 Å². The summed E-state index contributed by atoms with van der Waals surface area (Å²) in [7, 11) is 0. The van der Waals surface area contributed by atoms with Crippen molar-refractivity contribution in [1.82, 2.24) is 4.90 Å². The zero-order chi connectivity index (χ0) is 14.0. The maximum absolute atomic E-state index is 6.41. The first-order chi connectivity index (χ1) is 9.02. The highest BCUT2D eigenvalue weighted by molar-refractivity contribution is 6.42. The summed E-state index contributed by atoms with van der Waals surface area (Å²) in [5, 5.41) is 1.26. The van der Waals surface area contributed by atoms with Crippen LogP contribution in [0.5, 0.6) is 0 Å². The Bertz CT molecular complexity index is 434. The summed E-state index contributed by atoms with van der Waals surface area (Å²) in [6, 6.07) is 6.56. The second kappa shape index (κ2) is 6.45. The third-order valence-electron chi connectivity index (χ3n) is 3.93. The molecule has 2 rings (SSSR count). The Kier molecular flexibility index (Phi) is 5.13. The molecule has 1 heterocycles. The first kappa shape index (κ1) is 15.1. The third kappa shape index (κ3) is 3.25. The van der Waals surface area contributed by atoms with E-state index in [1.807, 2.05) is 12.1 Å². The van der Waals surface area contributed by atoms with Gasteiger partial charge in [-0.05, 0) is 44.9 Å². The molecule has 1 saturated heterocycles. The maximum Gasteiger partial charge on any atom is 0.0640 e. The first-order valence-corrected chi connectivity index (χ1v) is 7.73. The fourth-order valence-corrected chi connectivity index (χ4v) is 3.37. The number of hydrogen-bond donors (Lipinski definition) is 1. The van der Waals surface area contributed by atoms with Crippen LogP contribution in [0.4, 0.5) is 0 Å². The summed E-state index contributed by atoms with van der Waals surface area (Å²) in [5.74, 6) is 0. The van der Waals surface area contributed by atoms with E-state index in [-0.39, 0.29) is 12.1 Å². The van der Waals surface area contributed by atoms with Crippen LogP contribution in [-0.2, 0) is 0 Å². The van der Waals surface area contributed by atoms with Gasteiger partial charge in [-0.1, -0.05) is 41.8 Å². The summed E-state index contributed by atoms with van der Waals surface area (Å²) in [5.41, 5.74) is 7.48. The van der Waals surface area contributed by atoms with E-state index < -0.39 is 0 Å². The van der Waals surface area contributed by atoms with E-state index in [2.05, 4.69) is 24.8 Å². The normalized spacial score (nSPS) is 25.6. The van der Waals surface area contributed by atoms with Gasteiger partial charge in [-0.25, -0.2) is 0 Å². The lowest BCUT2D eigenvalue weighted by molar-refractivity contribution is 0.144. The number of rotatable bonds is 2. The third-order valence-corrected chi connectivity index (χ3v) is 4.76. The van der Waals surface area contributed by atoms with Crippen molar-refractivity contribution in [2.75, 3.05) is 6.54 Å². The minimum absolute atomic E-state index is 0.112. The van der Waals surface area contributed by atoms with Crippen LogP contribution in [0.3, 0.4) is 0 Å². The van der Waals surface area contributed by atoms with Gasteiger partial charge >= 0.3 is 0 Å². The number of likely N-dealkylation sites (tertiary alicyclic amines) is 1. The lowest BCUT2D eigenvalue weighted by Gasteiger charge is -2.37. The van der Waals surface area contributed by atoms with Gasteiger partial charge in [0.05, 0.1) is 16.1 Å². The molecule has 106 valence electrons. The molecule has 4 heteroatoms. The zero-order valence-corrected chi connectivity index (χ0v) is 13.1. The van der Waals surface area contributed by atoms with Gasteiger partial charge in [-0.2, -0.15) is 0 Å². The van der Waals surface area contributed by atoms with Crippen molar-refractivity contribution in [1.29, 1.82) is 0 Å². The number of benzene rings is 1. The summed E-state index contributed by atoms with van der Waals surface area (Å²) in [6.45, 7) is 5.49. The van der Waals surface area contributed by atoms with Crippen molar-refractivity contribution in [3.63, 3.8) is 0 Å². The maximum atomic E-state index is 6.41. The summed E-state index contributed by atoms with van der Waals surface area (Å²) in [4.78, 5) is 2.45. The highest BCUT2D eigenvalue weighted by atomic mass is 35.5. The van der Waals surface area contributed by atoms with Gasteiger partial charge in [0.15, 0.2) is 0 Å². The molecule has 1 fully saturated rings. The molecule has 0 saturated carbocycles. The molecule has 1 aromatic rings. The number of nitrogens with two attached hydrogens (primary N) is 1. The molecule has 0 bridgehead atoms. The second-order valence-electron chi connectivity index (χ2n) is 5.58. The molecule has 19 heavy (non-hydrogen) atoms. The van der Waals surface area contributed by atoms with Crippen LogP contribution in [0.15, 0.2) is 18.2 Å². The van der Waals surface area contributed by atoms with Crippen LogP contribution in [0.2, 0.25) is 10.0 Å². The van der Waals surface area contributed by atoms with Gasteiger partial charge in [0.2, 0.25) is 0 Å². The highest BCUT2D eigenvalue weighted by Gasteiger charge is 2.31. The topological polar surface area (TPSA) is 29.3 Å². The highest BCUT2D eigenvalue weighted by Crippen LogP contribution is 2.37. The monoisotopic (exact) mass is 300 g/mol. The molecule has 0 spiro atoms. The average Bonchev–Trinajstić information content (AvgIpc) is 2.55. The van der Waals surface area contributed by atoms with Gasteiger partial charge in [0, 0.05) is 12.1 Å². The van der Waals surface area contributed by atoms with Crippen molar-refractivity contribution >= 4 is 23.2 Å². The van der Waals surface area contributed by atoms with Crippen molar-refractivity contribution in [2.24, 2.45) is 5.73 Å². The molecule has 1 aliphatic heterocycles. The first-order valence-electron chi connectivity index (χ1n) is 6.97. The predicted octanol–water partition coefficient (Wildman–Crippen LogP) is 4.26. The summed E-state index contributed by atoms with van der Waals surface area (Å²) >= 11 is 12.6. The number of hydrogen-bond acceptors (Lipinski definition) is 2. The molecule has 0 aliphatic carbocycles. The van der Waals surface area contributed by atoms with Crippen molar-refractivity contribution in [2.45, 2.75) is 51.2 Å². The van der Waals surface area contributed by atoms with Gasteiger partial charge in [-0.3, -0.25) is 4.90 Å². The van der Waals surface area contributed by atoms with Gasteiger partial charge in [0.1, 0.15) is 0 Å². The van der Waals surface area contributed by atoms with Gasteiger partial charge in [0.25, 0.3) is 0 Å². The Labute approximate surface area is 125 Å². The van der Waals surface area contributed by atoms with E-state index in [9.17, 15) is 0 Å². The molecule has 0 amide bonds. The van der Waals surface area contributed by atoms with Crippen LogP contribution in [0.1, 0.15) is 44.7 Å². The van der Waals surface area contributed by atoms with Crippen molar-refractivity contribution in [3.8, 4) is 0 Å². The van der Waals surface area contributed by atoms with E-state index in [4.69, 9.17) is 28.9 Å². The Morgan fingerprint density at radius 2 is 2.00 bits per heavy atom. The Balaban J connectivity index is 2.43. The van der Waals surface area contributed by atoms with Crippen molar-refractivity contribution < 1.29 is 0 Å². The lowest BCUT2D eigenvalue weighted by Crippen LogP contribution is -2.43. The molecule has 2 atom stereocenters. The Hall–Kier alpha value is -0.280. The molecular formula is C15H22Cl2N2. The summed E-state index contributed by atoms with van der Waals surface area (Å²) in [6.07, 6.45) is 3.41. The largest absolute Gasteiger partial charge is 0.326 e. The molecule has 2 N–H and O–H groups in total. The van der Waals surface area contributed by atoms with Crippen LogP contribution in [0.25, 0.3) is 0 Å². The molecule has 0 radical (unpaired) electrons. The van der Waals surface area contributed by atoms with E-state index in [1.165, 1.54) is 12.8 Å². The van der Waals surface area contributed by atoms with Crippen molar-refractivity contribution in [3.05, 3.63) is 33.8 Å². The van der Waals surface area contributed by atoms with Crippen LogP contribution < -0.4 is 5.73 Å². The second-order valence-corrected chi connectivity index (χ2v) is 6.36. The minimum atomic E-state index is 0.112. The lowest BCUT2D eigenvalue weighted by atomic mass is 9.95.